The average molecular weight is 222 g/mol. The maximum Gasteiger partial charge on any atom is 0.309 e. The topological polar surface area (TPSA) is 35.5 Å². The zero-order valence-corrected chi connectivity index (χ0v) is 10.3. The Balaban J connectivity index is 2.96. The van der Waals surface area contributed by atoms with E-state index in [1.54, 1.807) is 0 Å². The molecule has 88 valence electrons. The summed E-state index contributed by atoms with van der Waals surface area (Å²) in [6.07, 6.45) is 0.315. The third-order valence-corrected chi connectivity index (χ3v) is 2.50. The number of rotatable bonds is 4. The number of benzene rings is 1. The minimum absolute atomic E-state index is 0.216. The molecule has 0 saturated heterocycles. The van der Waals surface area contributed by atoms with E-state index in [0.717, 1.165) is 22.4 Å². The normalized spacial score (nSPS) is 10.0. The van der Waals surface area contributed by atoms with Crippen LogP contribution in [0.15, 0.2) is 12.1 Å². The lowest BCUT2D eigenvalue weighted by molar-refractivity contribution is -0.139. The number of ether oxygens (including phenoxy) is 2. The van der Waals surface area contributed by atoms with Crippen LogP contribution in [0.4, 0.5) is 0 Å². The van der Waals surface area contributed by atoms with Crippen molar-refractivity contribution in [2.45, 2.75) is 27.2 Å². The SMILES string of the molecule is CCOc1cc(C)c(CC(=O)OC)cc1C. The van der Waals surface area contributed by atoms with Crippen molar-refractivity contribution in [1.82, 2.24) is 0 Å². The van der Waals surface area contributed by atoms with Gasteiger partial charge in [-0.15, -0.1) is 0 Å². The van der Waals surface area contributed by atoms with Crippen molar-refractivity contribution in [3.8, 4) is 5.75 Å². The second-order valence-electron chi connectivity index (χ2n) is 3.73. The predicted octanol–water partition coefficient (Wildman–Crippen LogP) is 2.42. The van der Waals surface area contributed by atoms with E-state index >= 15 is 0 Å². The summed E-state index contributed by atoms with van der Waals surface area (Å²) in [5.74, 6) is 0.667. The minimum atomic E-state index is -0.216. The van der Waals surface area contributed by atoms with E-state index in [1.807, 2.05) is 32.9 Å². The van der Waals surface area contributed by atoms with Crippen LogP contribution >= 0.6 is 0 Å². The number of hydrogen-bond acceptors (Lipinski definition) is 3. The molecule has 0 amide bonds. The molecule has 0 spiro atoms. The van der Waals surface area contributed by atoms with E-state index in [9.17, 15) is 4.79 Å². The third kappa shape index (κ3) is 2.99. The molecule has 1 aromatic carbocycles. The first-order chi connectivity index (χ1) is 7.58. The van der Waals surface area contributed by atoms with Crippen molar-refractivity contribution in [3.63, 3.8) is 0 Å². The molecular formula is C13H18O3. The number of hydrogen-bond donors (Lipinski definition) is 0. The summed E-state index contributed by atoms with van der Waals surface area (Å²) in [6, 6.07) is 3.95. The first kappa shape index (κ1) is 12.6. The molecule has 0 aliphatic carbocycles. The average Bonchev–Trinajstić information content (AvgIpc) is 2.25. The van der Waals surface area contributed by atoms with Gasteiger partial charge in [-0.2, -0.15) is 0 Å². The van der Waals surface area contributed by atoms with Gasteiger partial charge in [-0.25, -0.2) is 0 Å². The summed E-state index contributed by atoms with van der Waals surface area (Å²) < 4.78 is 10.1. The van der Waals surface area contributed by atoms with Crippen molar-refractivity contribution < 1.29 is 14.3 Å². The number of carbonyl (C=O) groups is 1. The third-order valence-electron chi connectivity index (χ3n) is 2.50. The lowest BCUT2D eigenvalue weighted by atomic mass is 10.0. The van der Waals surface area contributed by atoms with Gasteiger partial charge in [-0.3, -0.25) is 4.79 Å². The van der Waals surface area contributed by atoms with Crippen LogP contribution in [0.2, 0.25) is 0 Å². The molecule has 0 fully saturated rings. The Hall–Kier alpha value is -1.51. The minimum Gasteiger partial charge on any atom is -0.494 e. The largest absolute Gasteiger partial charge is 0.494 e. The summed E-state index contributed by atoms with van der Waals surface area (Å²) in [7, 11) is 1.40. The van der Waals surface area contributed by atoms with Crippen LogP contribution in [-0.2, 0) is 16.0 Å². The molecule has 0 unspecified atom stereocenters. The maximum absolute atomic E-state index is 11.2. The number of esters is 1. The first-order valence-corrected chi connectivity index (χ1v) is 5.38. The quantitative estimate of drug-likeness (QED) is 0.734. The molecule has 3 nitrogen and oxygen atoms in total. The molecule has 0 saturated carbocycles. The number of aryl methyl sites for hydroxylation is 2. The van der Waals surface area contributed by atoms with Crippen molar-refractivity contribution in [2.75, 3.05) is 13.7 Å². The fourth-order valence-electron chi connectivity index (χ4n) is 1.58. The molecule has 1 aromatic rings. The highest BCUT2D eigenvalue weighted by atomic mass is 16.5. The summed E-state index contributed by atoms with van der Waals surface area (Å²) >= 11 is 0. The Morgan fingerprint density at radius 2 is 1.94 bits per heavy atom. The number of methoxy groups -OCH3 is 1. The van der Waals surface area contributed by atoms with E-state index < -0.39 is 0 Å². The van der Waals surface area contributed by atoms with Crippen LogP contribution in [0, 0.1) is 13.8 Å². The van der Waals surface area contributed by atoms with E-state index in [4.69, 9.17) is 4.74 Å². The van der Waals surface area contributed by atoms with Gasteiger partial charge in [0.1, 0.15) is 5.75 Å². The van der Waals surface area contributed by atoms with Crippen LogP contribution in [0.3, 0.4) is 0 Å². The van der Waals surface area contributed by atoms with Crippen molar-refractivity contribution >= 4 is 5.97 Å². The molecule has 0 aliphatic heterocycles. The summed E-state index contributed by atoms with van der Waals surface area (Å²) in [5.41, 5.74) is 3.10. The van der Waals surface area contributed by atoms with E-state index in [2.05, 4.69) is 4.74 Å². The van der Waals surface area contributed by atoms with Gasteiger partial charge in [0.2, 0.25) is 0 Å². The summed E-state index contributed by atoms with van der Waals surface area (Å²) in [6.45, 7) is 6.55. The molecule has 0 N–H and O–H groups in total. The van der Waals surface area contributed by atoms with E-state index in [1.165, 1.54) is 7.11 Å². The monoisotopic (exact) mass is 222 g/mol. The first-order valence-electron chi connectivity index (χ1n) is 5.38. The molecule has 16 heavy (non-hydrogen) atoms. The van der Waals surface area contributed by atoms with Gasteiger partial charge in [0.15, 0.2) is 0 Å². The Bertz CT molecular complexity index is 383. The van der Waals surface area contributed by atoms with Gasteiger partial charge in [-0.05, 0) is 43.5 Å². The van der Waals surface area contributed by atoms with Gasteiger partial charge in [0, 0.05) is 0 Å². The van der Waals surface area contributed by atoms with Crippen molar-refractivity contribution in [1.29, 1.82) is 0 Å². The molecule has 0 radical (unpaired) electrons. The van der Waals surface area contributed by atoms with Gasteiger partial charge in [0.05, 0.1) is 20.1 Å². The highest BCUT2D eigenvalue weighted by Crippen LogP contribution is 2.23. The highest BCUT2D eigenvalue weighted by molar-refractivity contribution is 5.73. The van der Waals surface area contributed by atoms with Crippen LogP contribution in [-0.4, -0.2) is 19.7 Å². The second kappa shape index (κ2) is 5.54. The molecule has 0 heterocycles. The predicted molar refractivity (Wildman–Crippen MR) is 62.8 cm³/mol. The Labute approximate surface area is 96.4 Å². The molecule has 3 heteroatoms. The smallest absolute Gasteiger partial charge is 0.309 e. The zero-order valence-electron chi connectivity index (χ0n) is 10.3. The maximum atomic E-state index is 11.2. The lowest BCUT2D eigenvalue weighted by Crippen LogP contribution is -2.06. The Kier molecular flexibility index (Phi) is 4.35. The molecule has 0 atom stereocenters. The lowest BCUT2D eigenvalue weighted by Gasteiger charge is -2.11. The standard InChI is InChI=1S/C13H18O3/c1-5-16-12-7-9(2)11(6-10(12)3)8-13(14)15-4/h6-7H,5,8H2,1-4H3. The van der Waals surface area contributed by atoms with Gasteiger partial charge in [0.25, 0.3) is 0 Å². The Morgan fingerprint density at radius 3 is 2.50 bits per heavy atom. The van der Waals surface area contributed by atoms with Gasteiger partial charge < -0.3 is 9.47 Å². The van der Waals surface area contributed by atoms with Gasteiger partial charge in [-0.1, -0.05) is 6.07 Å². The molecule has 1 rings (SSSR count). The van der Waals surface area contributed by atoms with Crippen molar-refractivity contribution in [3.05, 3.63) is 28.8 Å². The fourth-order valence-corrected chi connectivity index (χ4v) is 1.58. The van der Waals surface area contributed by atoms with E-state index in [-0.39, 0.29) is 5.97 Å². The van der Waals surface area contributed by atoms with Crippen LogP contribution in [0.5, 0.6) is 5.75 Å². The molecule has 0 bridgehead atoms. The van der Waals surface area contributed by atoms with E-state index in [0.29, 0.717) is 13.0 Å². The molecule has 0 aromatic heterocycles. The fraction of sp³-hybridized carbons (Fsp3) is 0.462. The molecular weight excluding hydrogens is 204 g/mol. The zero-order chi connectivity index (χ0) is 12.1. The highest BCUT2D eigenvalue weighted by Gasteiger charge is 2.09. The van der Waals surface area contributed by atoms with Gasteiger partial charge >= 0.3 is 5.97 Å². The van der Waals surface area contributed by atoms with Crippen molar-refractivity contribution in [2.24, 2.45) is 0 Å². The second-order valence-corrected chi connectivity index (χ2v) is 3.73. The Morgan fingerprint density at radius 1 is 1.25 bits per heavy atom. The summed E-state index contributed by atoms with van der Waals surface area (Å²) in [4.78, 5) is 11.2. The number of carbonyl (C=O) groups excluding carboxylic acids is 1. The van der Waals surface area contributed by atoms with Crippen LogP contribution in [0.1, 0.15) is 23.6 Å². The van der Waals surface area contributed by atoms with Crippen LogP contribution in [0.25, 0.3) is 0 Å². The van der Waals surface area contributed by atoms with Crippen LogP contribution < -0.4 is 4.74 Å². The summed E-state index contributed by atoms with van der Waals surface area (Å²) in [5, 5.41) is 0. The molecule has 0 aliphatic rings.